The van der Waals surface area contributed by atoms with Crippen LogP contribution in [-0.4, -0.2) is 25.9 Å². The van der Waals surface area contributed by atoms with Gasteiger partial charge >= 0.3 is 0 Å². The Morgan fingerprint density at radius 3 is 2.37 bits per heavy atom. The van der Waals surface area contributed by atoms with Crippen molar-refractivity contribution in [3.8, 4) is 0 Å². The summed E-state index contributed by atoms with van der Waals surface area (Å²) in [6.45, 7) is 5.38. The average molecular weight is 394 g/mol. The molecule has 2 saturated carbocycles. The van der Waals surface area contributed by atoms with Crippen LogP contribution < -0.4 is 15.8 Å². The smallest absolute Gasteiger partial charge is 0.241 e. The number of nitrogens with one attached hydrogen (secondary N) is 2. The van der Waals surface area contributed by atoms with Crippen molar-refractivity contribution in [1.29, 1.82) is 0 Å². The fourth-order valence-corrected chi connectivity index (χ4v) is 5.91. The Balaban J connectivity index is 1.70. The molecule has 4 N–H and O–H groups in total. The predicted molar refractivity (Wildman–Crippen MR) is 107 cm³/mol. The van der Waals surface area contributed by atoms with E-state index in [9.17, 15) is 13.2 Å². The number of hydrogen-bond acceptors (Lipinski definition) is 4. The highest BCUT2D eigenvalue weighted by Crippen LogP contribution is 2.42. The lowest BCUT2D eigenvalue weighted by Crippen LogP contribution is -2.48. The minimum absolute atomic E-state index is 0.0304. The molecule has 0 saturated heterocycles. The second-order valence-corrected chi connectivity index (χ2v) is 10.8. The van der Waals surface area contributed by atoms with E-state index in [-0.39, 0.29) is 22.8 Å². The Bertz CT molecular complexity index is 787. The van der Waals surface area contributed by atoms with Gasteiger partial charge in [0.15, 0.2) is 0 Å². The number of fused-ring (bicyclic) bond motifs is 2. The van der Waals surface area contributed by atoms with Gasteiger partial charge in [0, 0.05) is 23.2 Å². The summed E-state index contributed by atoms with van der Waals surface area (Å²) in [5, 5.41) is 2.92. The molecule has 1 aromatic rings. The van der Waals surface area contributed by atoms with Gasteiger partial charge in [0.2, 0.25) is 15.9 Å². The molecule has 150 valence electrons. The Morgan fingerprint density at radius 1 is 1.15 bits per heavy atom. The highest BCUT2D eigenvalue weighted by atomic mass is 32.2. The van der Waals surface area contributed by atoms with Crippen molar-refractivity contribution in [2.75, 3.05) is 5.32 Å². The summed E-state index contributed by atoms with van der Waals surface area (Å²) in [7, 11) is -3.64. The van der Waals surface area contributed by atoms with Gasteiger partial charge in [-0.2, -0.15) is 0 Å². The summed E-state index contributed by atoms with van der Waals surface area (Å²) >= 11 is 0. The third-order valence-electron chi connectivity index (χ3n) is 5.64. The van der Waals surface area contributed by atoms with Gasteiger partial charge in [-0.15, -0.1) is 0 Å². The molecule has 1 amide bonds. The van der Waals surface area contributed by atoms with E-state index in [0.29, 0.717) is 17.5 Å². The average Bonchev–Trinajstić information content (AvgIpc) is 2.52. The molecule has 0 aliphatic heterocycles. The molecule has 7 heteroatoms. The summed E-state index contributed by atoms with van der Waals surface area (Å²) in [5.41, 5.74) is 6.25. The predicted octanol–water partition coefficient (Wildman–Crippen LogP) is 2.86. The van der Waals surface area contributed by atoms with Crippen molar-refractivity contribution in [1.82, 2.24) is 4.72 Å². The molecule has 2 atom stereocenters. The lowest BCUT2D eigenvalue weighted by molar-refractivity contribution is -0.122. The number of rotatable bonds is 4. The Labute approximate surface area is 162 Å². The van der Waals surface area contributed by atoms with E-state index >= 15 is 0 Å². The van der Waals surface area contributed by atoms with E-state index in [4.69, 9.17) is 5.73 Å². The summed E-state index contributed by atoms with van der Waals surface area (Å²) in [6.07, 6.45) is 5.07. The van der Waals surface area contributed by atoms with E-state index in [0.717, 1.165) is 25.7 Å². The zero-order valence-corrected chi connectivity index (χ0v) is 17.2. The Hall–Kier alpha value is -1.44. The molecule has 2 unspecified atom stereocenters. The maximum Gasteiger partial charge on any atom is 0.241 e. The molecule has 3 rings (SSSR count). The van der Waals surface area contributed by atoms with Crippen molar-refractivity contribution in [3.05, 3.63) is 24.3 Å². The standard InChI is InChI=1S/C20H31N3O3S/c1-20(2,3)23-27(25,26)17-9-5-8-16(12-17)22-19(24)15-10-13-6-4-7-14(11-15)18(13)21/h5,8-9,12-15,18,23H,4,6-7,10-11,21H2,1-3H3,(H,22,24). The van der Waals surface area contributed by atoms with Gasteiger partial charge in [-0.3, -0.25) is 4.79 Å². The first kappa shape index (κ1) is 20.3. The topological polar surface area (TPSA) is 101 Å². The van der Waals surface area contributed by atoms with Gasteiger partial charge in [-0.1, -0.05) is 12.5 Å². The van der Waals surface area contributed by atoms with Gasteiger partial charge in [0.05, 0.1) is 4.90 Å². The van der Waals surface area contributed by atoms with Crippen LogP contribution in [0.5, 0.6) is 0 Å². The third kappa shape index (κ3) is 4.89. The van der Waals surface area contributed by atoms with E-state index in [1.165, 1.54) is 18.6 Å². The number of amides is 1. The largest absolute Gasteiger partial charge is 0.327 e. The summed E-state index contributed by atoms with van der Waals surface area (Å²) in [4.78, 5) is 12.9. The van der Waals surface area contributed by atoms with E-state index in [2.05, 4.69) is 10.0 Å². The first-order valence-corrected chi connectivity index (χ1v) is 11.2. The number of benzene rings is 1. The van der Waals surface area contributed by atoms with Gasteiger partial charge in [-0.25, -0.2) is 13.1 Å². The van der Waals surface area contributed by atoms with Crippen LogP contribution in [0.4, 0.5) is 5.69 Å². The second kappa shape index (κ2) is 7.53. The number of carbonyl (C=O) groups excluding carboxylic acids is 1. The number of nitrogens with two attached hydrogens (primary N) is 1. The SMILES string of the molecule is CC(C)(C)NS(=O)(=O)c1cccc(NC(=O)C2CC3CCCC(C2)C3N)c1. The van der Waals surface area contributed by atoms with Gasteiger partial charge in [0.25, 0.3) is 0 Å². The first-order chi connectivity index (χ1) is 12.5. The molecule has 0 radical (unpaired) electrons. The zero-order valence-electron chi connectivity index (χ0n) is 16.4. The number of anilines is 1. The van der Waals surface area contributed by atoms with Gasteiger partial charge in [-0.05, 0) is 76.5 Å². The molecule has 2 fully saturated rings. The molecule has 0 spiro atoms. The van der Waals surface area contributed by atoms with Crippen LogP contribution in [0.25, 0.3) is 0 Å². The maximum atomic E-state index is 12.8. The fourth-order valence-electron chi connectivity index (χ4n) is 4.45. The van der Waals surface area contributed by atoms with Crippen LogP contribution in [0.2, 0.25) is 0 Å². The number of hydrogen-bond donors (Lipinski definition) is 3. The fraction of sp³-hybridized carbons (Fsp3) is 0.650. The van der Waals surface area contributed by atoms with Crippen LogP contribution in [0, 0.1) is 17.8 Å². The molecule has 1 aromatic carbocycles. The molecular formula is C20H31N3O3S. The van der Waals surface area contributed by atoms with Crippen molar-refractivity contribution in [3.63, 3.8) is 0 Å². The molecule has 0 heterocycles. The zero-order chi connectivity index (χ0) is 19.8. The lowest BCUT2D eigenvalue weighted by atomic mass is 9.65. The van der Waals surface area contributed by atoms with Crippen LogP contribution in [0.15, 0.2) is 29.2 Å². The molecule has 0 aromatic heterocycles. The summed E-state index contributed by atoms with van der Waals surface area (Å²) < 4.78 is 27.7. The Morgan fingerprint density at radius 2 is 1.78 bits per heavy atom. The van der Waals surface area contributed by atoms with Crippen LogP contribution >= 0.6 is 0 Å². The number of sulfonamides is 1. The van der Waals surface area contributed by atoms with Gasteiger partial charge < -0.3 is 11.1 Å². The lowest BCUT2D eigenvalue weighted by Gasteiger charge is -2.43. The van der Waals surface area contributed by atoms with E-state index in [1.54, 1.807) is 32.9 Å². The molecule has 6 nitrogen and oxygen atoms in total. The van der Waals surface area contributed by atoms with Gasteiger partial charge in [0.1, 0.15) is 0 Å². The first-order valence-electron chi connectivity index (χ1n) is 9.76. The molecule has 27 heavy (non-hydrogen) atoms. The highest BCUT2D eigenvalue weighted by Gasteiger charge is 2.40. The maximum absolute atomic E-state index is 12.8. The normalized spacial score (nSPS) is 28.6. The van der Waals surface area contributed by atoms with Crippen molar-refractivity contribution in [2.45, 2.75) is 69.4 Å². The number of carbonyl (C=O) groups is 1. The quantitative estimate of drug-likeness (QED) is 0.732. The minimum atomic E-state index is -3.64. The van der Waals surface area contributed by atoms with Crippen molar-refractivity contribution in [2.24, 2.45) is 23.5 Å². The van der Waals surface area contributed by atoms with Crippen molar-refractivity contribution >= 4 is 21.6 Å². The molecule has 2 aliphatic rings. The highest BCUT2D eigenvalue weighted by molar-refractivity contribution is 7.89. The Kier molecular flexibility index (Phi) is 5.66. The van der Waals surface area contributed by atoms with Crippen LogP contribution in [0.1, 0.15) is 52.9 Å². The van der Waals surface area contributed by atoms with E-state index < -0.39 is 15.6 Å². The van der Waals surface area contributed by atoms with Crippen molar-refractivity contribution < 1.29 is 13.2 Å². The van der Waals surface area contributed by atoms with Crippen LogP contribution in [-0.2, 0) is 14.8 Å². The summed E-state index contributed by atoms with van der Waals surface area (Å²) in [6, 6.07) is 6.65. The molecule has 2 bridgehead atoms. The monoisotopic (exact) mass is 393 g/mol. The van der Waals surface area contributed by atoms with E-state index in [1.807, 2.05) is 0 Å². The minimum Gasteiger partial charge on any atom is -0.327 e. The van der Waals surface area contributed by atoms with Crippen LogP contribution in [0.3, 0.4) is 0 Å². The molecular weight excluding hydrogens is 362 g/mol. The third-order valence-corrected chi connectivity index (χ3v) is 7.39. The molecule has 2 aliphatic carbocycles. The second-order valence-electron chi connectivity index (χ2n) is 9.07. The summed E-state index contributed by atoms with van der Waals surface area (Å²) in [5.74, 6) is 0.775.